The number of nitrogen functional groups attached to an aromatic ring is 1. The van der Waals surface area contributed by atoms with Crippen LogP contribution in [0.2, 0.25) is 0 Å². The molecule has 0 bridgehead atoms. The summed E-state index contributed by atoms with van der Waals surface area (Å²) >= 11 is 0. The van der Waals surface area contributed by atoms with Gasteiger partial charge in [0.25, 0.3) is 0 Å². The van der Waals surface area contributed by atoms with Gasteiger partial charge in [0.1, 0.15) is 11.5 Å². The van der Waals surface area contributed by atoms with Gasteiger partial charge in [-0.1, -0.05) is 30.3 Å². The van der Waals surface area contributed by atoms with Gasteiger partial charge in [-0.3, -0.25) is 15.7 Å². The second-order valence-corrected chi connectivity index (χ2v) is 7.83. The molecule has 0 saturated carbocycles. The minimum absolute atomic E-state index is 0.0781. The number of rotatable bonds is 4. The summed E-state index contributed by atoms with van der Waals surface area (Å²) in [4.78, 5) is 25.0. The number of nitrogens with two attached hydrogens (primary N) is 1. The topological polar surface area (TPSA) is 105 Å². The van der Waals surface area contributed by atoms with E-state index >= 15 is 0 Å². The number of benzene rings is 1. The Morgan fingerprint density at radius 1 is 1.03 bits per heavy atom. The van der Waals surface area contributed by atoms with Crippen LogP contribution in [0.25, 0.3) is 28.0 Å². The number of halogens is 1. The summed E-state index contributed by atoms with van der Waals surface area (Å²) in [5, 5.41) is 4.63. The molecule has 0 saturated heterocycles. The lowest BCUT2D eigenvalue weighted by molar-refractivity contribution is -0.351. The minimum Gasteiger partial charge on any atom is -0.290 e. The molecule has 0 spiro atoms. The molecule has 0 unspecified atom stereocenters. The number of nitrogens with zero attached hydrogens (tertiary/aromatic N) is 5. The Hall–Kier alpha value is -4.40. The van der Waals surface area contributed by atoms with Crippen molar-refractivity contribution in [1.29, 1.82) is 0 Å². The summed E-state index contributed by atoms with van der Waals surface area (Å²) in [7, 11) is 0. The number of hydrogen-bond acceptors (Lipinski definition) is 5. The SMILES string of the molecule is Cc1cc(-c2c(-c3ccccc3)[nH+]c(N)n3c(=O)n(Cc4ccc(F)cn4)nc23)cc(C)n1. The lowest BCUT2D eigenvalue weighted by Gasteiger charge is -2.10. The lowest BCUT2D eigenvalue weighted by atomic mass is 9.99. The average molecular weight is 442 g/mol. The van der Waals surface area contributed by atoms with Crippen LogP contribution in [-0.4, -0.2) is 24.1 Å². The summed E-state index contributed by atoms with van der Waals surface area (Å²) in [6.45, 7) is 3.92. The van der Waals surface area contributed by atoms with E-state index in [0.29, 0.717) is 11.3 Å². The summed E-state index contributed by atoms with van der Waals surface area (Å²) in [5.74, 6) is -0.295. The Bertz CT molecular complexity index is 1520. The number of aromatic amines is 1. The van der Waals surface area contributed by atoms with Crippen molar-refractivity contribution < 1.29 is 9.37 Å². The number of anilines is 1. The monoisotopic (exact) mass is 442 g/mol. The molecule has 0 atom stereocenters. The van der Waals surface area contributed by atoms with Gasteiger partial charge in [-0.05, 0) is 43.7 Å². The van der Waals surface area contributed by atoms with Gasteiger partial charge >= 0.3 is 11.6 Å². The Labute approximate surface area is 188 Å². The van der Waals surface area contributed by atoms with Crippen LogP contribution in [0.5, 0.6) is 0 Å². The first-order chi connectivity index (χ1) is 15.9. The van der Waals surface area contributed by atoms with Gasteiger partial charge in [0.2, 0.25) is 5.65 Å². The molecular formula is C24H21FN7O+. The van der Waals surface area contributed by atoms with Crippen LogP contribution >= 0.6 is 0 Å². The molecule has 0 fully saturated rings. The normalized spacial score (nSPS) is 11.2. The van der Waals surface area contributed by atoms with Crippen LogP contribution in [0.15, 0.2) is 65.6 Å². The van der Waals surface area contributed by atoms with Crippen molar-refractivity contribution in [3.8, 4) is 22.4 Å². The van der Waals surface area contributed by atoms with Crippen LogP contribution in [0, 0.1) is 19.7 Å². The molecule has 4 aromatic heterocycles. The highest BCUT2D eigenvalue weighted by molar-refractivity contribution is 5.88. The maximum atomic E-state index is 13.3. The number of H-pyrrole nitrogens is 1. The molecule has 1 aromatic carbocycles. The van der Waals surface area contributed by atoms with Crippen molar-refractivity contribution in [3.05, 3.63) is 94.2 Å². The summed E-state index contributed by atoms with van der Waals surface area (Å²) < 4.78 is 15.9. The summed E-state index contributed by atoms with van der Waals surface area (Å²) in [6, 6.07) is 16.4. The van der Waals surface area contributed by atoms with Crippen molar-refractivity contribution in [2.45, 2.75) is 20.4 Å². The van der Waals surface area contributed by atoms with E-state index in [4.69, 9.17) is 5.73 Å². The van der Waals surface area contributed by atoms with Crippen LogP contribution in [0.4, 0.5) is 10.3 Å². The zero-order chi connectivity index (χ0) is 23.1. The second-order valence-electron chi connectivity index (χ2n) is 7.83. The van der Waals surface area contributed by atoms with Crippen molar-refractivity contribution in [2.75, 3.05) is 5.73 Å². The van der Waals surface area contributed by atoms with E-state index < -0.39 is 11.5 Å². The number of pyridine rings is 2. The molecule has 0 amide bonds. The largest absolute Gasteiger partial charge is 0.411 e. The molecule has 0 aliphatic rings. The molecule has 5 rings (SSSR count). The van der Waals surface area contributed by atoms with Crippen LogP contribution < -0.4 is 16.4 Å². The number of aromatic nitrogens is 6. The highest BCUT2D eigenvalue weighted by atomic mass is 19.1. The Morgan fingerprint density at radius 3 is 2.42 bits per heavy atom. The smallest absolute Gasteiger partial charge is 0.290 e. The number of fused-ring (bicyclic) bond motifs is 1. The molecule has 164 valence electrons. The second kappa shape index (κ2) is 7.94. The highest BCUT2D eigenvalue weighted by Crippen LogP contribution is 2.32. The number of hydrogen-bond donors (Lipinski definition) is 1. The zero-order valence-corrected chi connectivity index (χ0v) is 18.1. The summed E-state index contributed by atoms with van der Waals surface area (Å²) in [6.07, 6.45) is 1.11. The highest BCUT2D eigenvalue weighted by Gasteiger charge is 2.26. The van der Waals surface area contributed by atoms with E-state index in [-0.39, 0.29) is 12.5 Å². The van der Waals surface area contributed by atoms with Crippen molar-refractivity contribution in [2.24, 2.45) is 0 Å². The summed E-state index contributed by atoms with van der Waals surface area (Å²) in [5.41, 5.74) is 11.7. The van der Waals surface area contributed by atoms with E-state index in [1.165, 1.54) is 21.2 Å². The van der Waals surface area contributed by atoms with Crippen molar-refractivity contribution in [1.82, 2.24) is 24.1 Å². The third kappa shape index (κ3) is 3.73. The van der Waals surface area contributed by atoms with Crippen LogP contribution in [0.1, 0.15) is 17.1 Å². The fourth-order valence-corrected chi connectivity index (χ4v) is 3.98. The van der Waals surface area contributed by atoms with Gasteiger partial charge in [0.15, 0.2) is 0 Å². The zero-order valence-electron chi connectivity index (χ0n) is 18.1. The molecule has 3 N–H and O–H groups in total. The first kappa shape index (κ1) is 20.5. The van der Waals surface area contributed by atoms with E-state index in [1.807, 2.05) is 56.3 Å². The fraction of sp³-hybridized carbons (Fsp3) is 0.125. The van der Waals surface area contributed by atoms with Crippen molar-refractivity contribution in [3.63, 3.8) is 0 Å². The molecule has 0 radical (unpaired) electrons. The van der Waals surface area contributed by atoms with E-state index in [9.17, 15) is 9.18 Å². The molecule has 0 aliphatic carbocycles. The minimum atomic E-state index is -0.446. The third-order valence-electron chi connectivity index (χ3n) is 5.34. The predicted molar refractivity (Wildman–Crippen MR) is 122 cm³/mol. The van der Waals surface area contributed by atoms with Gasteiger partial charge in [-0.25, -0.2) is 14.2 Å². The standard InChI is InChI=1S/C24H20FN7O/c1-14-10-17(11-15(2)28-14)20-21(16-6-4-3-5-7-16)29-23(26)32-22(20)30-31(24(32)33)13-19-9-8-18(25)12-27-19/h3-12H,13H2,1-2H3,(H2,26,29)/p+1. The lowest BCUT2D eigenvalue weighted by Crippen LogP contribution is -2.28. The molecule has 0 aliphatic heterocycles. The molecule has 4 heterocycles. The third-order valence-corrected chi connectivity index (χ3v) is 5.34. The van der Waals surface area contributed by atoms with E-state index in [0.717, 1.165) is 40.0 Å². The van der Waals surface area contributed by atoms with Gasteiger partial charge < -0.3 is 0 Å². The number of aryl methyl sites for hydroxylation is 2. The Kier molecular flexibility index (Phi) is 4.93. The molecule has 9 heteroatoms. The van der Waals surface area contributed by atoms with Gasteiger partial charge in [-0.15, -0.1) is 9.50 Å². The quantitative estimate of drug-likeness (QED) is 0.461. The Morgan fingerprint density at radius 2 is 1.76 bits per heavy atom. The predicted octanol–water partition coefficient (Wildman–Crippen LogP) is 2.82. The first-order valence-electron chi connectivity index (χ1n) is 10.4. The number of nitrogens with one attached hydrogen (secondary N) is 1. The Balaban J connectivity index is 1.81. The van der Waals surface area contributed by atoms with Crippen LogP contribution in [-0.2, 0) is 6.54 Å². The fourth-order valence-electron chi connectivity index (χ4n) is 3.98. The molecule has 33 heavy (non-hydrogen) atoms. The van der Waals surface area contributed by atoms with Gasteiger partial charge in [0.05, 0.1) is 24.0 Å². The molecular weight excluding hydrogens is 421 g/mol. The van der Waals surface area contributed by atoms with Crippen molar-refractivity contribution >= 4 is 11.6 Å². The van der Waals surface area contributed by atoms with Gasteiger partial charge in [-0.2, -0.15) is 4.68 Å². The maximum absolute atomic E-state index is 13.3. The maximum Gasteiger partial charge on any atom is 0.411 e. The molecule has 5 aromatic rings. The average Bonchev–Trinajstić information content (AvgIpc) is 3.11. The first-order valence-corrected chi connectivity index (χ1v) is 10.4. The van der Waals surface area contributed by atoms with E-state index in [2.05, 4.69) is 20.1 Å². The molecule has 8 nitrogen and oxygen atoms in total. The van der Waals surface area contributed by atoms with E-state index in [1.54, 1.807) is 0 Å². The van der Waals surface area contributed by atoms with Crippen LogP contribution in [0.3, 0.4) is 0 Å². The van der Waals surface area contributed by atoms with Gasteiger partial charge in [0, 0.05) is 17.0 Å².